The standard InChI is InChI=1S/C16H32N2O/c1-12(2)9-14(11-17)10-16(19)18-15-6-4-5-13(3)7-8-15/h12-15H,4-11,17H2,1-3H3,(H,18,19). The Kier molecular flexibility index (Phi) is 7.44. The number of amides is 1. The van der Waals surface area contributed by atoms with Crippen LogP contribution in [-0.4, -0.2) is 18.5 Å². The van der Waals surface area contributed by atoms with E-state index < -0.39 is 0 Å². The minimum Gasteiger partial charge on any atom is -0.353 e. The second-order valence-corrected chi connectivity index (χ2v) is 6.81. The number of carbonyl (C=O) groups excluding carboxylic acids is 1. The second-order valence-electron chi connectivity index (χ2n) is 6.81. The van der Waals surface area contributed by atoms with Gasteiger partial charge in [-0.2, -0.15) is 0 Å². The molecule has 0 saturated heterocycles. The molecule has 0 aromatic carbocycles. The summed E-state index contributed by atoms with van der Waals surface area (Å²) >= 11 is 0. The zero-order chi connectivity index (χ0) is 14.3. The van der Waals surface area contributed by atoms with Crippen molar-refractivity contribution in [1.82, 2.24) is 5.32 Å². The molecule has 3 unspecified atom stereocenters. The molecule has 1 amide bonds. The van der Waals surface area contributed by atoms with E-state index in [4.69, 9.17) is 5.73 Å². The van der Waals surface area contributed by atoms with E-state index >= 15 is 0 Å². The maximum atomic E-state index is 12.1. The summed E-state index contributed by atoms with van der Waals surface area (Å²) in [5.74, 6) is 1.97. The smallest absolute Gasteiger partial charge is 0.220 e. The van der Waals surface area contributed by atoms with Crippen molar-refractivity contribution in [2.45, 2.75) is 71.8 Å². The SMILES string of the molecule is CC(C)CC(CN)CC(=O)NC1CCCC(C)CC1. The molecule has 0 spiro atoms. The van der Waals surface area contributed by atoms with Crippen LogP contribution in [0.3, 0.4) is 0 Å². The van der Waals surface area contributed by atoms with Gasteiger partial charge in [-0.05, 0) is 50.0 Å². The molecule has 0 bridgehead atoms. The summed E-state index contributed by atoms with van der Waals surface area (Å²) < 4.78 is 0. The van der Waals surface area contributed by atoms with Crippen molar-refractivity contribution in [3.05, 3.63) is 0 Å². The molecule has 1 aliphatic carbocycles. The summed E-state index contributed by atoms with van der Waals surface area (Å²) in [7, 11) is 0. The number of rotatable bonds is 6. The van der Waals surface area contributed by atoms with E-state index in [1.807, 2.05) is 0 Å². The number of nitrogens with one attached hydrogen (secondary N) is 1. The molecule has 112 valence electrons. The molecule has 3 heteroatoms. The van der Waals surface area contributed by atoms with Crippen LogP contribution in [0.25, 0.3) is 0 Å². The van der Waals surface area contributed by atoms with E-state index in [9.17, 15) is 4.79 Å². The fourth-order valence-corrected chi connectivity index (χ4v) is 3.11. The molecule has 19 heavy (non-hydrogen) atoms. The van der Waals surface area contributed by atoms with Gasteiger partial charge in [-0.3, -0.25) is 4.79 Å². The highest BCUT2D eigenvalue weighted by Gasteiger charge is 2.20. The van der Waals surface area contributed by atoms with Gasteiger partial charge in [0.25, 0.3) is 0 Å². The van der Waals surface area contributed by atoms with Crippen LogP contribution in [-0.2, 0) is 4.79 Å². The van der Waals surface area contributed by atoms with Gasteiger partial charge in [0.2, 0.25) is 5.91 Å². The van der Waals surface area contributed by atoms with Crippen LogP contribution in [0.2, 0.25) is 0 Å². The molecule has 0 aliphatic heterocycles. The van der Waals surface area contributed by atoms with E-state index in [-0.39, 0.29) is 5.91 Å². The Bertz CT molecular complexity index is 265. The predicted molar refractivity (Wildman–Crippen MR) is 80.8 cm³/mol. The van der Waals surface area contributed by atoms with Gasteiger partial charge in [0, 0.05) is 12.5 Å². The fraction of sp³-hybridized carbons (Fsp3) is 0.938. The summed E-state index contributed by atoms with van der Waals surface area (Å²) in [4.78, 5) is 12.1. The van der Waals surface area contributed by atoms with Crippen molar-refractivity contribution in [2.24, 2.45) is 23.5 Å². The monoisotopic (exact) mass is 268 g/mol. The number of carbonyl (C=O) groups is 1. The third-order valence-corrected chi connectivity index (χ3v) is 4.23. The molecule has 3 atom stereocenters. The molecule has 0 radical (unpaired) electrons. The van der Waals surface area contributed by atoms with E-state index in [1.54, 1.807) is 0 Å². The number of nitrogens with two attached hydrogens (primary N) is 1. The first-order valence-corrected chi connectivity index (χ1v) is 8.00. The number of hydrogen-bond donors (Lipinski definition) is 2. The van der Waals surface area contributed by atoms with Crippen LogP contribution >= 0.6 is 0 Å². The van der Waals surface area contributed by atoms with E-state index in [0.717, 1.165) is 25.2 Å². The van der Waals surface area contributed by atoms with Crippen molar-refractivity contribution < 1.29 is 4.79 Å². The average molecular weight is 268 g/mol. The Morgan fingerprint density at radius 1 is 1.26 bits per heavy atom. The minimum atomic E-state index is 0.204. The fourth-order valence-electron chi connectivity index (χ4n) is 3.11. The maximum Gasteiger partial charge on any atom is 0.220 e. The molecule has 1 rings (SSSR count). The Balaban J connectivity index is 2.32. The van der Waals surface area contributed by atoms with E-state index in [2.05, 4.69) is 26.1 Å². The average Bonchev–Trinajstić information content (AvgIpc) is 2.53. The zero-order valence-electron chi connectivity index (χ0n) is 13.0. The third kappa shape index (κ3) is 6.95. The van der Waals surface area contributed by atoms with Gasteiger partial charge in [-0.15, -0.1) is 0 Å². The second kappa shape index (κ2) is 8.57. The first kappa shape index (κ1) is 16.5. The zero-order valence-corrected chi connectivity index (χ0v) is 13.0. The summed E-state index contributed by atoms with van der Waals surface area (Å²) in [5, 5.41) is 3.22. The van der Waals surface area contributed by atoms with Gasteiger partial charge in [0.15, 0.2) is 0 Å². The molecular weight excluding hydrogens is 236 g/mol. The van der Waals surface area contributed by atoms with Gasteiger partial charge in [0.05, 0.1) is 0 Å². The van der Waals surface area contributed by atoms with Crippen LogP contribution in [0.4, 0.5) is 0 Å². The highest BCUT2D eigenvalue weighted by molar-refractivity contribution is 5.76. The van der Waals surface area contributed by atoms with E-state index in [1.165, 1.54) is 19.3 Å². The lowest BCUT2D eigenvalue weighted by Crippen LogP contribution is -2.36. The summed E-state index contributed by atoms with van der Waals surface area (Å²) in [6, 6.07) is 0.398. The van der Waals surface area contributed by atoms with E-state index in [0.29, 0.717) is 30.8 Å². The maximum absolute atomic E-state index is 12.1. The van der Waals surface area contributed by atoms with Gasteiger partial charge in [-0.1, -0.05) is 33.6 Å². The minimum absolute atomic E-state index is 0.204. The van der Waals surface area contributed by atoms with Crippen molar-refractivity contribution >= 4 is 5.91 Å². The molecule has 3 nitrogen and oxygen atoms in total. The molecule has 1 saturated carbocycles. The Morgan fingerprint density at radius 2 is 2.00 bits per heavy atom. The Labute approximate surface area is 118 Å². The topological polar surface area (TPSA) is 55.1 Å². The molecule has 0 aromatic heterocycles. The van der Waals surface area contributed by atoms with Crippen molar-refractivity contribution in [1.29, 1.82) is 0 Å². The van der Waals surface area contributed by atoms with Crippen molar-refractivity contribution in [3.8, 4) is 0 Å². The molecule has 0 heterocycles. The quantitative estimate of drug-likeness (QED) is 0.727. The largest absolute Gasteiger partial charge is 0.353 e. The van der Waals surface area contributed by atoms with Crippen LogP contribution in [0, 0.1) is 17.8 Å². The van der Waals surface area contributed by atoms with Crippen LogP contribution in [0.1, 0.15) is 65.7 Å². The number of hydrogen-bond acceptors (Lipinski definition) is 2. The van der Waals surface area contributed by atoms with Crippen LogP contribution in [0.5, 0.6) is 0 Å². The van der Waals surface area contributed by atoms with Crippen molar-refractivity contribution in [2.75, 3.05) is 6.54 Å². The first-order chi connectivity index (χ1) is 9.01. The Hall–Kier alpha value is -0.570. The summed E-state index contributed by atoms with van der Waals surface area (Å²) in [5.41, 5.74) is 5.77. The lowest BCUT2D eigenvalue weighted by atomic mass is 9.93. The summed E-state index contributed by atoms with van der Waals surface area (Å²) in [6.07, 6.45) is 7.74. The highest BCUT2D eigenvalue weighted by Crippen LogP contribution is 2.23. The van der Waals surface area contributed by atoms with Gasteiger partial charge >= 0.3 is 0 Å². The lowest BCUT2D eigenvalue weighted by molar-refractivity contribution is -0.122. The van der Waals surface area contributed by atoms with Gasteiger partial charge < -0.3 is 11.1 Å². The molecule has 0 aromatic rings. The van der Waals surface area contributed by atoms with Crippen LogP contribution in [0.15, 0.2) is 0 Å². The normalized spacial score (nSPS) is 25.9. The van der Waals surface area contributed by atoms with Crippen LogP contribution < -0.4 is 11.1 Å². The first-order valence-electron chi connectivity index (χ1n) is 8.00. The third-order valence-electron chi connectivity index (χ3n) is 4.23. The van der Waals surface area contributed by atoms with Gasteiger partial charge in [-0.25, -0.2) is 0 Å². The molecule has 3 N–H and O–H groups in total. The summed E-state index contributed by atoms with van der Waals surface area (Å²) in [6.45, 7) is 7.31. The highest BCUT2D eigenvalue weighted by atomic mass is 16.1. The lowest BCUT2D eigenvalue weighted by Gasteiger charge is -2.20. The molecular formula is C16H32N2O. The molecule has 1 aliphatic rings. The molecule has 1 fully saturated rings. The van der Waals surface area contributed by atoms with Crippen molar-refractivity contribution in [3.63, 3.8) is 0 Å². The van der Waals surface area contributed by atoms with Gasteiger partial charge in [0.1, 0.15) is 0 Å². The Morgan fingerprint density at radius 3 is 2.63 bits per heavy atom. The predicted octanol–water partition coefficient (Wildman–Crippen LogP) is 3.08.